The summed E-state index contributed by atoms with van der Waals surface area (Å²) in [7, 11) is 0. The van der Waals surface area contributed by atoms with Gasteiger partial charge in [-0.15, -0.1) is 11.8 Å². The van der Waals surface area contributed by atoms with Crippen LogP contribution >= 0.6 is 11.8 Å². The van der Waals surface area contributed by atoms with Crippen LogP contribution in [0.1, 0.15) is 48.5 Å². The van der Waals surface area contributed by atoms with Crippen molar-refractivity contribution in [3.05, 3.63) is 23.1 Å². The van der Waals surface area contributed by atoms with Crippen LogP contribution < -0.4 is 0 Å². The monoisotopic (exact) mass is 226 g/mol. The Bertz CT molecular complexity index is 232. The highest BCUT2D eigenvalue weighted by atomic mass is 32.2. The molecule has 0 nitrogen and oxygen atoms in total. The first kappa shape index (κ1) is 14.8. The lowest BCUT2D eigenvalue weighted by Gasteiger charge is -2.25. The fourth-order valence-electron chi connectivity index (χ4n) is 0.965. The third kappa shape index (κ3) is 6.09. The molecule has 0 heterocycles. The minimum atomic E-state index is 0.284. The second-order valence-corrected chi connectivity index (χ2v) is 6.82. The third-order valence-electron chi connectivity index (χ3n) is 2.82. The zero-order valence-corrected chi connectivity index (χ0v) is 12.1. The van der Waals surface area contributed by atoms with E-state index >= 15 is 0 Å². The van der Waals surface area contributed by atoms with E-state index in [0.29, 0.717) is 11.2 Å². The summed E-state index contributed by atoms with van der Waals surface area (Å²) in [6.45, 7) is 15.7. The summed E-state index contributed by atoms with van der Waals surface area (Å²) >= 11 is 1.93. The van der Waals surface area contributed by atoms with Crippen molar-refractivity contribution in [2.24, 2.45) is 11.3 Å². The highest BCUT2D eigenvalue weighted by Gasteiger charge is 2.18. The van der Waals surface area contributed by atoms with E-state index in [0.717, 1.165) is 0 Å². The highest BCUT2D eigenvalue weighted by Crippen LogP contribution is 2.30. The average Bonchev–Trinajstić information content (AvgIpc) is 2.11. The van der Waals surface area contributed by atoms with Gasteiger partial charge >= 0.3 is 0 Å². The standard InChI is InChI=1S/C14H26S/c1-8-13(15-12(4)5)9-10-14(6,7)11(2)3/h8-12H,1-7H3/b10-9-,13-8+. The molecule has 0 aliphatic heterocycles. The first-order valence-corrected chi connectivity index (χ1v) is 6.69. The van der Waals surface area contributed by atoms with Crippen LogP contribution in [-0.4, -0.2) is 5.25 Å². The summed E-state index contributed by atoms with van der Waals surface area (Å²) in [4.78, 5) is 1.37. The fourth-order valence-corrected chi connectivity index (χ4v) is 1.79. The van der Waals surface area contributed by atoms with Gasteiger partial charge in [-0.3, -0.25) is 0 Å². The van der Waals surface area contributed by atoms with E-state index in [-0.39, 0.29) is 5.41 Å². The first-order valence-electron chi connectivity index (χ1n) is 5.81. The van der Waals surface area contributed by atoms with Gasteiger partial charge in [-0.05, 0) is 18.3 Å². The van der Waals surface area contributed by atoms with E-state index in [1.54, 1.807) is 0 Å². The summed E-state index contributed by atoms with van der Waals surface area (Å²) in [5, 5.41) is 0.656. The SMILES string of the molecule is C/C=C(\C=C/C(C)(C)C(C)C)SC(C)C. The van der Waals surface area contributed by atoms with Gasteiger partial charge in [0.2, 0.25) is 0 Å². The normalized spacial score (nSPS) is 14.6. The van der Waals surface area contributed by atoms with Gasteiger partial charge < -0.3 is 0 Å². The van der Waals surface area contributed by atoms with Crippen molar-refractivity contribution in [2.75, 3.05) is 0 Å². The predicted octanol–water partition coefficient (Wildman–Crippen LogP) is 5.27. The molecule has 0 aromatic carbocycles. The largest absolute Gasteiger partial charge is 0.124 e. The maximum atomic E-state index is 2.34. The summed E-state index contributed by atoms with van der Waals surface area (Å²) in [6, 6.07) is 0. The van der Waals surface area contributed by atoms with Crippen molar-refractivity contribution in [3.8, 4) is 0 Å². The predicted molar refractivity (Wildman–Crippen MR) is 74.2 cm³/mol. The molecule has 0 aliphatic carbocycles. The van der Waals surface area contributed by atoms with Crippen molar-refractivity contribution in [3.63, 3.8) is 0 Å². The van der Waals surface area contributed by atoms with Crippen molar-refractivity contribution in [2.45, 2.75) is 53.7 Å². The van der Waals surface area contributed by atoms with Gasteiger partial charge in [-0.2, -0.15) is 0 Å². The number of hydrogen-bond acceptors (Lipinski definition) is 1. The van der Waals surface area contributed by atoms with E-state index in [2.05, 4.69) is 66.7 Å². The second kappa shape index (κ2) is 6.42. The van der Waals surface area contributed by atoms with Gasteiger partial charge in [0.25, 0.3) is 0 Å². The van der Waals surface area contributed by atoms with Crippen molar-refractivity contribution in [1.29, 1.82) is 0 Å². The highest BCUT2D eigenvalue weighted by molar-refractivity contribution is 8.03. The molecule has 0 saturated carbocycles. The minimum Gasteiger partial charge on any atom is -0.124 e. The minimum absolute atomic E-state index is 0.284. The molecule has 0 atom stereocenters. The Hall–Kier alpha value is -0.170. The molecule has 15 heavy (non-hydrogen) atoms. The van der Waals surface area contributed by atoms with Crippen LogP contribution in [0.5, 0.6) is 0 Å². The Balaban J connectivity index is 4.49. The zero-order valence-electron chi connectivity index (χ0n) is 11.3. The molecular weight excluding hydrogens is 200 g/mol. The topological polar surface area (TPSA) is 0 Å². The summed E-state index contributed by atoms with van der Waals surface area (Å²) in [5.41, 5.74) is 0.284. The van der Waals surface area contributed by atoms with Crippen LogP contribution in [0.4, 0.5) is 0 Å². The second-order valence-electron chi connectivity index (χ2n) is 5.17. The molecule has 0 spiro atoms. The van der Waals surface area contributed by atoms with E-state index in [1.165, 1.54) is 4.91 Å². The lowest BCUT2D eigenvalue weighted by molar-refractivity contribution is 0.333. The first-order chi connectivity index (χ1) is 6.79. The van der Waals surface area contributed by atoms with Crippen LogP contribution in [0.3, 0.4) is 0 Å². The van der Waals surface area contributed by atoms with Crippen LogP contribution in [0, 0.1) is 11.3 Å². The van der Waals surface area contributed by atoms with Gasteiger partial charge in [0.15, 0.2) is 0 Å². The average molecular weight is 226 g/mol. The number of thioether (sulfide) groups is 1. The Morgan fingerprint density at radius 2 is 1.67 bits per heavy atom. The molecule has 1 heteroatoms. The molecular formula is C14H26S. The van der Waals surface area contributed by atoms with Crippen LogP contribution in [0.2, 0.25) is 0 Å². The summed E-state index contributed by atoms with van der Waals surface area (Å²) < 4.78 is 0. The maximum Gasteiger partial charge on any atom is 0.00376 e. The van der Waals surface area contributed by atoms with Crippen LogP contribution in [0.15, 0.2) is 23.1 Å². The smallest absolute Gasteiger partial charge is 0.00376 e. The van der Waals surface area contributed by atoms with Gasteiger partial charge in [0.05, 0.1) is 0 Å². The van der Waals surface area contributed by atoms with Gasteiger partial charge in [0, 0.05) is 10.2 Å². The molecule has 0 radical (unpaired) electrons. The van der Waals surface area contributed by atoms with E-state index in [1.807, 2.05) is 11.8 Å². The maximum absolute atomic E-state index is 2.34. The molecule has 0 aromatic rings. The van der Waals surface area contributed by atoms with E-state index in [9.17, 15) is 0 Å². The number of allylic oxidation sites excluding steroid dienone is 3. The lowest BCUT2D eigenvalue weighted by atomic mass is 9.81. The molecule has 0 rings (SSSR count). The molecule has 0 aliphatic rings. The van der Waals surface area contributed by atoms with Crippen LogP contribution in [0.25, 0.3) is 0 Å². The Labute approximate surface area is 100 Å². The van der Waals surface area contributed by atoms with Crippen LogP contribution in [-0.2, 0) is 0 Å². The molecule has 0 unspecified atom stereocenters. The lowest BCUT2D eigenvalue weighted by Crippen LogP contribution is -2.15. The van der Waals surface area contributed by atoms with Gasteiger partial charge in [0.1, 0.15) is 0 Å². The molecule has 0 aromatic heterocycles. The molecule has 0 saturated heterocycles. The Kier molecular flexibility index (Phi) is 6.35. The van der Waals surface area contributed by atoms with E-state index in [4.69, 9.17) is 0 Å². The quantitative estimate of drug-likeness (QED) is 0.575. The van der Waals surface area contributed by atoms with Crippen molar-refractivity contribution in [1.82, 2.24) is 0 Å². The third-order valence-corrected chi connectivity index (χ3v) is 3.94. The fraction of sp³-hybridized carbons (Fsp3) is 0.714. The van der Waals surface area contributed by atoms with Crippen molar-refractivity contribution >= 4 is 11.8 Å². The Morgan fingerprint density at radius 1 is 1.13 bits per heavy atom. The number of hydrogen-bond donors (Lipinski definition) is 0. The zero-order chi connectivity index (χ0) is 12.1. The van der Waals surface area contributed by atoms with E-state index < -0.39 is 0 Å². The van der Waals surface area contributed by atoms with Gasteiger partial charge in [-0.1, -0.05) is 59.8 Å². The molecule has 0 bridgehead atoms. The molecule has 0 amide bonds. The molecule has 88 valence electrons. The van der Waals surface area contributed by atoms with Gasteiger partial charge in [-0.25, -0.2) is 0 Å². The Morgan fingerprint density at radius 3 is 2.00 bits per heavy atom. The number of rotatable bonds is 5. The van der Waals surface area contributed by atoms with Crippen molar-refractivity contribution < 1.29 is 0 Å². The summed E-state index contributed by atoms with van der Waals surface area (Å²) in [5.74, 6) is 0.677. The summed E-state index contributed by atoms with van der Waals surface area (Å²) in [6.07, 6.45) is 6.80. The molecule has 0 fully saturated rings. The molecule has 0 N–H and O–H groups in total.